The number of hydrogen-bond donors (Lipinski definition) is 1. The lowest BCUT2D eigenvalue weighted by atomic mass is 9.56. The topological polar surface area (TPSA) is 24.9 Å². The molecule has 17 fully saturated rings. The minimum Gasteiger partial charge on any atom is -0.314 e. The number of rotatable bonds is 0. The van der Waals surface area contributed by atoms with Gasteiger partial charge in [-0.05, 0) is 380 Å². The lowest BCUT2D eigenvalue weighted by molar-refractivity contribution is 0.0198. The Morgan fingerprint density at radius 1 is 0.264 bits per heavy atom. The van der Waals surface area contributed by atoms with Gasteiger partial charge in [-0.15, -0.1) is 0 Å². The second-order valence-corrected chi connectivity index (χ2v) is 45.0. The van der Waals surface area contributed by atoms with E-state index >= 15 is 0 Å². The number of benzene rings is 5. The van der Waals surface area contributed by atoms with Gasteiger partial charge in [0.15, 0.2) is 0 Å². The van der Waals surface area contributed by atoms with Crippen LogP contribution >= 0.6 is 0 Å². The number of pyridine rings is 1. The van der Waals surface area contributed by atoms with Crippen LogP contribution < -0.4 is 5.32 Å². The summed E-state index contributed by atoms with van der Waals surface area (Å²) in [5, 5.41) is 3.62. The fraction of sp³-hybridized carbons (Fsp3) is 0.703. The van der Waals surface area contributed by atoms with Crippen LogP contribution in [-0.4, -0.2) is 17.6 Å². The van der Waals surface area contributed by atoms with Crippen LogP contribution in [0.2, 0.25) is 0 Å². The van der Waals surface area contributed by atoms with Gasteiger partial charge >= 0.3 is 0 Å². The van der Waals surface area contributed by atoms with Crippen molar-refractivity contribution in [3.8, 4) is 11.1 Å². The lowest BCUT2D eigenvalue weighted by Gasteiger charge is -2.49. The molecule has 5 aromatic carbocycles. The Morgan fingerprint density at radius 3 is 1.00 bits per heavy atom. The molecule has 0 spiro atoms. The molecular formula is C138H222N2. The third-order valence-corrected chi connectivity index (χ3v) is 35.7. The van der Waals surface area contributed by atoms with Crippen LogP contribution in [0.1, 0.15) is 538 Å². The maximum Gasteiger partial charge on any atom is 0.0435 e. The number of aryl methyl sites for hydroxylation is 6. The first-order chi connectivity index (χ1) is 69.2. The van der Waals surface area contributed by atoms with Crippen LogP contribution in [-0.2, 0) is 38.5 Å². The van der Waals surface area contributed by atoms with Crippen LogP contribution in [0.15, 0.2) is 171 Å². The maximum atomic E-state index is 4.32. The standard InChI is InChI=1S/C14H12.C11H12.C11H20.C11H18.C10H16.C10H18.C10H12.C9H17N.C9H11N.C9H10.2C7H12.C6H10.7C2H6/c1-10-11-6-2-4-8-13(11)14-9-5-3-7-12(10)14;1-8-7-9(2)11-6-4-3-5-10(8)11;2*1-4-10-6-2-7-11(5-1)9-3-8-10;1-7-2-9-4-8(1)5-10(3-7)6-9;2*1-2-6-10-8-4-3-7-9(10)5-1;2*1-2-6-9-8(4-1)5-3-7-10-9;1-2-5-9-7-3-6-8(9)4-1;1-2-7-4-3-6(1)5-7;1-2-6-4-7(3-1)5-6;1-2-4-6-5-3-1;7*1-2/h2-10H,1H3;3-6,9H,1,7H2,2H3;10-11H,1-9H2;1,4,10-11H,2-3,5-9H2;7-10H,1-6H2;9-10H,1-8H2;1-2,5-6H,3-4,7-8H2;8-10H,1-7H2;3,5,7H,1-2,4,6H2;1-2,4-5H,3,6-7H2;2*6-7H,1-5H2;1-2H,3-6H2;7*1-2H3. The van der Waals surface area contributed by atoms with Gasteiger partial charge in [0, 0.05) is 23.9 Å². The van der Waals surface area contributed by atoms with Crippen molar-refractivity contribution in [1.29, 1.82) is 0 Å². The Kier molecular flexibility index (Phi) is 62.1. The summed E-state index contributed by atoms with van der Waals surface area (Å²) >= 11 is 0. The van der Waals surface area contributed by atoms with Gasteiger partial charge in [-0.3, -0.25) is 4.98 Å². The van der Waals surface area contributed by atoms with Gasteiger partial charge in [0.1, 0.15) is 0 Å². The largest absolute Gasteiger partial charge is 0.314 e. The van der Waals surface area contributed by atoms with Crippen molar-refractivity contribution < 1.29 is 0 Å². The van der Waals surface area contributed by atoms with Crippen molar-refractivity contribution >= 4 is 5.57 Å². The average molecular weight is 1910 g/mol. The van der Waals surface area contributed by atoms with Gasteiger partial charge < -0.3 is 5.32 Å². The summed E-state index contributed by atoms with van der Waals surface area (Å²) in [4.78, 5) is 4.32. The fourth-order valence-corrected chi connectivity index (χ4v) is 28.7. The minimum absolute atomic E-state index is 0.558. The van der Waals surface area contributed by atoms with E-state index in [9.17, 15) is 0 Å². The average Bonchev–Trinajstić information content (AvgIpc) is 1.81. The first-order valence-electron chi connectivity index (χ1n) is 62.3. The summed E-state index contributed by atoms with van der Waals surface area (Å²) in [5.41, 5.74) is 19.0. The Morgan fingerprint density at radius 2 is 0.607 bits per heavy atom. The monoisotopic (exact) mass is 1910 g/mol. The predicted octanol–water partition coefficient (Wildman–Crippen LogP) is 42.8. The van der Waals surface area contributed by atoms with Crippen molar-refractivity contribution in [2.45, 2.75) is 527 Å². The highest BCUT2D eigenvalue weighted by Gasteiger charge is 2.42. The Labute approximate surface area is 869 Å². The molecule has 1 aromatic heterocycles. The molecule has 1 N–H and O–H groups in total. The number of nitrogens with one attached hydrogen (secondary N) is 1. The van der Waals surface area contributed by atoms with Gasteiger partial charge in [0.2, 0.25) is 0 Å². The third-order valence-electron chi connectivity index (χ3n) is 35.7. The molecule has 0 radical (unpaired) electrons. The van der Waals surface area contributed by atoms with Gasteiger partial charge in [-0.25, -0.2) is 0 Å². The molecule has 16 saturated carbocycles. The molecule has 25 aliphatic rings. The highest BCUT2D eigenvalue weighted by Crippen LogP contribution is 2.54. The Bertz CT molecular complexity index is 3760. The molecule has 2 heterocycles. The molecule has 3 atom stereocenters. The molecule has 31 rings (SSSR count). The van der Waals surface area contributed by atoms with E-state index in [1.807, 2.05) is 109 Å². The molecule has 2 nitrogen and oxygen atoms in total. The number of nitrogens with zero attached hydrogens (tertiary/aromatic N) is 1. The van der Waals surface area contributed by atoms with Crippen LogP contribution in [0.5, 0.6) is 0 Å². The van der Waals surface area contributed by atoms with Crippen molar-refractivity contribution in [1.82, 2.24) is 10.3 Å². The Balaban J connectivity index is 0.000000184. The van der Waals surface area contributed by atoms with Crippen LogP contribution in [0.25, 0.3) is 16.7 Å². The maximum absolute atomic E-state index is 4.32. The zero-order valence-electron chi connectivity index (χ0n) is 94.7. The highest BCUT2D eigenvalue weighted by molar-refractivity contribution is 5.78. The van der Waals surface area contributed by atoms with Gasteiger partial charge in [-0.1, -0.05) is 462 Å². The summed E-state index contributed by atoms with van der Waals surface area (Å²) in [7, 11) is 0. The first-order valence-corrected chi connectivity index (χ1v) is 62.3. The van der Waals surface area contributed by atoms with Crippen molar-refractivity contribution in [3.63, 3.8) is 0 Å². The molecule has 24 aliphatic carbocycles. The lowest BCUT2D eigenvalue weighted by Crippen LogP contribution is -2.42. The molecule has 2 heteroatoms. The van der Waals surface area contributed by atoms with Crippen LogP contribution in [0.4, 0.5) is 0 Å². The smallest absolute Gasteiger partial charge is 0.0435 e. The summed E-state index contributed by atoms with van der Waals surface area (Å²) < 4.78 is 0. The second kappa shape index (κ2) is 72.7. The summed E-state index contributed by atoms with van der Waals surface area (Å²) in [6.07, 6.45) is 103. The summed E-state index contributed by atoms with van der Waals surface area (Å²) in [6.45, 7) is 37.9. The van der Waals surface area contributed by atoms with E-state index in [-0.39, 0.29) is 0 Å². The zero-order chi connectivity index (χ0) is 100.0. The number of fused-ring (bicyclic) bond motifs is 24. The number of hydrogen-bond acceptors (Lipinski definition) is 2. The quantitative estimate of drug-likeness (QED) is 0.153. The molecule has 6 aromatic rings. The van der Waals surface area contributed by atoms with Crippen LogP contribution in [0, 0.1) is 88.8 Å². The SMILES string of the molecule is C1=CC2CCCC(C1)CCC2.C1=CCCCC1.C1C2CC3CC1CC(C2)C3.C1CC2CC(C1)C2.C1CC2CCC1C2.C1CC2CCCC(C1)CCC2.C1CCC2CCCCC2C1.C1CCC2NCCCC2C1.C=C1CC(C)c2ccccc21.CC.CC.CC.CC.CC.CC.CC.CC1c2ccccc2-c2ccccc21.c1ccc2c(c1)CCC2.c1ccc2c(c1)CCCC2.c1cnc2c(c1)CCCC2. The van der Waals surface area contributed by atoms with E-state index in [4.69, 9.17) is 0 Å². The van der Waals surface area contributed by atoms with E-state index in [1.54, 1.807) is 183 Å². The third kappa shape index (κ3) is 41.6. The molecule has 1 saturated heterocycles. The van der Waals surface area contributed by atoms with Crippen molar-refractivity contribution in [3.05, 3.63) is 226 Å². The molecule has 140 heavy (non-hydrogen) atoms. The molecular weight excluding hydrogens is 1690 g/mol. The number of allylic oxidation sites excluding steroid dienone is 5. The van der Waals surface area contributed by atoms with Crippen molar-refractivity contribution in [2.24, 2.45) is 88.8 Å². The molecule has 1 aliphatic heterocycles. The van der Waals surface area contributed by atoms with Gasteiger partial charge in [0.25, 0.3) is 0 Å². The fourth-order valence-electron chi connectivity index (χ4n) is 28.7. The normalized spacial score (nSPS) is 28.5. The first kappa shape index (κ1) is 120. The Hall–Kier alpha value is -5.57. The molecule has 3 unspecified atom stereocenters. The van der Waals surface area contributed by atoms with Gasteiger partial charge in [0.05, 0.1) is 0 Å². The predicted molar refractivity (Wildman–Crippen MR) is 623 cm³/mol. The second-order valence-electron chi connectivity index (χ2n) is 45.0. The van der Waals surface area contributed by atoms with Crippen LogP contribution in [0.3, 0.4) is 0 Å². The minimum atomic E-state index is 0.558. The summed E-state index contributed by atoms with van der Waals surface area (Å²) in [6, 6.07) is 48.6. The number of piperidine rings is 1. The zero-order valence-corrected chi connectivity index (χ0v) is 94.7. The van der Waals surface area contributed by atoms with Gasteiger partial charge in [-0.2, -0.15) is 0 Å². The number of aromatic nitrogens is 1. The molecule has 12 bridgehead atoms. The van der Waals surface area contributed by atoms with E-state index in [0.29, 0.717) is 11.8 Å². The molecule has 0 amide bonds. The highest BCUT2D eigenvalue weighted by atomic mass is 14.9. The van der Waals surface area contributed by atoms with Crippen molar-refractivity contribution in [2.75, 3.05) is 6.54 Å². The molecule has 784 valence electrons. The van der Waals surface area contributed by atoms with E-state index < -0.39 is 0 Å². The van der Waals surface area contributed by atoms with E-state index in [0.717, 1.165) is 53.9 Å². The summed E-state index contributed by atoms with van der Waals surface area (Å²) in [5.74, 6) is 18.2. The van der Waals surface area contributed by atoms with E-state index in [1.165, 1.54) is 335 Å². The van der Waals surface area contributed by atoms with E-state index in [2.05, 4.69) is 182 Å².